The van der Waals surface area contributed by atoms with E-state index in [1.165, 1.54) is 12.5 Å². The molecule has 25 heavy (non-hydrogen) atoms. The van der Waals surface area contributed by atoms with Crippen molar-refractivity contribution in [3.63, 3.8) is 0 Å². The molecule has 0 fully saturated rings. The van der Waals surface area contributed by atoms with Gasteiger partial charge in [-0.15, -0.1) is 0 Å². The predicted octanol–water partition coefficient (Wildman–Crippen LogP) is 3.67. The summed E-state index contributed by atoms with van der Waals surface area (Å²) in [5.74, 6) is -0.936. The number of amides is 1. The lowest BCUT2D eigenvalue weighted by molar-refractivity contribution is -0.143. The second kappa shape index (κ2) is 5.71. The molecule has 0 saturated heterocycles. The number of rotatable bonds is 1. The first-order chi connectivity index (χ1) is 11.6. The van der Waals surface area contributed by atoms with Crippen molar-refractivity contribution in [2.24, 2.45) is 0 Å². The van der Waals surface area contributed by atoms with Crippen molar-refractivity contribution in [1.29, 1.82) is 0 Å². The molecule has 10 heteroatoms. The van der Waals surface area contributed by atoms with Crippen LogP contribution >= 0.6 is 0 Å². The second-order valence-electron chi connectivity index (χ2n) is 5.45. The molecule has 4 nitrogen and oxygen atoms in total. The lowest BCUT2D eigenvalue weighted by atomic mass is 10.0. The van der Waals surface area contributed by atoms with Crippen molar-refractivity contribution in [3.8, 4) is 0 Å². The number of aromatic nitrogens is 2. The van der Waals surface area contributed by atoms with E-state index in [0.29, 0.717) is 23.4 Å². The topological polar surface area (TPSA) is 46.1 Å². The summed E-state index contributed by atoms with van der Waals surface area (Å²) in [4.78, 5) is 21.2. The van der Waals surface area contributed by atoms with Crippen LogP contribution in [0, 0.1) is 0 Å². The molecule has 3 rings (SSSR count). The molecule has 0 radical (unpaired) electrons. The van der Waals surface area contributed by atoms with Gasteiger partial charge in [0.05, 0.1) is 23.4 Å². The molecule has 0 saturated carbocycles. The molecule has 1 aliphatic rings. The van der Waals surface area contributed by atoms with E-state index in [0.717, 1.165) is 4.90 Å². The van der Waals surface area contributed by atoms with Crippen LogP contribution in [-0.4, -0.2) is 20.8 Å². The number of carbonyl (C=O) groups excluding carboxylic acids is 1. The van der Waals surface area contributed by atoms with Gasteiger partial charge in [-0.05, 0) is 18.2 Å². The highest BCUT2D eigenvalue weighted by Crippen LogP contribution is 2.37. The predicted molar refractivity (Wildman–Crippen MR) is 72.1 cm³/mol. The third-order valence-electron chi connectivity index (χ3n) is 3.70. The third kappa shape index (κ3) is 3.42. The molecule has 1 amide bonds. The molecule has 0 atom stereocenters. The van der Waals surface area contributed by atoms with Gasteiger partial charge >= 0.3 is 12.4 Å². The summed E-state index contributed by atoms with van der Waals surface area (Å²) < 4.78 is 77.3. The number of nitrogens with zero attached hydrogens (tertiary/aromatic N) is 3. The number of halogens is 6. The Balaban J connectivity index is 1.98. The van der Waals surface area contributed by atoms with Gasteiger partial charge in [0.15, 0.2) is 0 Å². The molecule has 132 valence electrons. The molecule has 2 heterocycles. The van der Waals surface area contributed by atoms with Crippen LogP contribution in [-0.2, 0) is 25.4 Å². The lowest BCUT2D eigenvalue weighted by Crippen LogP contribution is -2.26. The van der Waals surface area contributed by atoms with Crippen LogP contribution in [0.1, 0.15) is 32.7 Å². The highest BCUT2D eigenvalue weighted by molar-refractivity contribution is 5.95. The Labute approximate surface area is 137 Å². The Morgan fingerprint density at radius 1 is 0.960 bits per heavy atom. The van der Waals surface area contributed by atoms with Crippen LogP contribution in [0.15, 0.2) is 30.7 Å². The highest BCUT2D eigenvalue weighted by atomic mass is 19.4. The van der Waals surface area contributed by atoms with E-state index in [9.17, 15) is 31.1 Å². The maximum absolute atomic E-state index is 12.9. The standard InChI is InChI=1S/C15H9F6N3O/c16-14(17,18)10-1-8(2-11(3-10)15(19,20)21)13(25)24-5-9-4-22-7-23-12(9)6-24/h1-4,7H,5-6H2. The zero-order valence-electron chi connectivity index (χ0n) is 12.3. The Bertz CT molecular complexity index is 773. The van der Waals surface area contributed by atoms with Gasteiger partial charge in [-0.25, -0.2) is 9.97 Å². The summed E-state index contributed by atoms with van der Waals surface area (Å²) in [6, 6.07) is 0.833. The molecular formula is C15H9F6N3O. The summed E-state index contributed by atoms with van der Waals surface area (Å²) in [5.41, 5.74) is -2.63. The van der Waals surface area contributed by atoms with Crippen molar-refractivity contribution in [2.75, 3.05) is 0 Å². The first kappa shape index (κ1) is 17.2. The maximum atomic E-state index is 12.9. The van der Waals surface area contributed by atoms with Crippen molar-refractivity contribution in [3.05, 3.63) is 58.7 Å². The van der Waals surface area contributed by atoms with Gasteiger partial charge in [0, 0.05) is 23.9 Å². The largest absolute Gasteiger partial charge is 0.416 e. The van der Waals surface area contributed by atoms with E-state index in [-0.39, 0.29) is 19.2 Å². The van der Waals surface area contributed by atoms with Crippen molar-refractivity contribution in [2.45, 2.75) is 25.4 Å². The number of benzene rings is 1. The molecule has 0 bridgehead atoms. The molecule has 2 aromatic rings. The molecule has 1 aromatic carbocycles. The zero-order valence-corrected chi connectivity index (χ0v) is 12.3. The smallest absolute Gasteiger partial charge is 0.328 e. The van der Waals surface area contributed by atoms with E-state index in [2.05, 4.69) is 9.97 Å². The van der Waals surface area contributed by atoms with Crippen molar-refractivity contribution >= 4 is 5.91 Å². The van der Waals surface area contributed by atoms with Gasteiger partial charge in [0.1, 0.15) is 6.33 Å². The van der Waals surface area contributed by atoms with Crippen LogP contribution in [0.3, 0.4) is 0 Å². The molecular weight excluding hydrogens is 352 g/mol. The third-order valence-corrected chi connectivity index (χ3v) is 3.70. The first-order valence-corrected chi connectivity index (χ1v) is 6.92. The maximum Gasteiger partial charge on any atom is 0.416 e. The molecule has 0 unspecified atom stereocenters. The van der Waals surface area contributed by atoms with Gasteiger partial charge in [0.2, 0.25) is 0 Å². The van der Waals surface area contributed by atoms with E-state index in [4.69, 9.17) is 0 Å². The summed E-state index contributed by atoms with van der Waals surface area (Å²) in [6.07, 6.45) is -7.31. The summed E-state index contributed by atoms with van der Waals surface area (Å²) >= 11 is 0. The SMILES string of the molecule is O=C(c1cc(C(F)(F)F)cc(C(F)(F)F)c1)N1Cc2cncnc2C1. The van der Waals surface area contributed by atoms with Gasteiger partial charge in [0.25, 0.3) is 5.91 Å². The molecule has 1 aromatic heterocycles. The first-order valence-electron chi connectivity index (χ1n) is 6.92. The summed E-state index contributed by atoms with van der Waals surface area (Å²) in [7, 11) is 0. The minimum absolute atomic E-state index is 0.00567. The fourth-order valence-electron chi connectivity index (χ4n) is 2.51. The van der Waals surface area contributed by atoms with E-state index in [1.807, 2.05) is 0 Å². The summed E-state index contributed by atoms with van der Waals surface area (Å²) in [5, 5.41) is 0. The van der Waals surface area contributed by atoms with E-state index >= 15 is 0 Å². The van der Waals surface area contributed by atoms with Crippen molar-refractivity contribution < 1.29 is 31.1 Å². The Hall–Kier alpha value is -2.65. The molecule has 0 spiro atoms. The molecule has 0 N–H and O–H groups in total. The van der Waals surface area contributed by atoms with Gasteiger partial charge in [-0.3, -0.25) is 4.79 Å². The molecule has 1 aliphatic heterocycles. The van der Waals surface area contributed by atoms with Gasteiger partial charge in [-0.2, -0.15) is 26.3 Å². The minimum atomic E-state index is -5.00. The average molecular weight is 361 g/mol. The second-order valence-corrected chi connectivity index (χ2v) is 5.45. The highest BCUT2D eigenvalue weighted by Gasteiger charge is 2.38. The lowest BCUT2D eigenvalue weighted by Gasteiger charge is -2.18. The van der Waals surface area contributed by atoms with E-state index < -0.39 is 35.0 Å². The number of fused-ring (bicyclic) bond motifs is 1. The molecule has 0 aliphatic carbocycles. The van der Waals surface area contributed by atoms with Crippen LogP contribution in [0.25, 0.3) is 0 Å². The number of carbonyl (C=O) groups is 1. The number of hydrogen-bond acceptors (Lipinski definition) is 3. The Morgan fingerprint density at radius 2 is 1.56 bits per heavy atom. The Kier molecular flexibility index (Phi) is 3.92. The van der Waals surface area contributed by atoms with Crippen LogP contribution in [0.5, 0.6) is 0 Å². The van der Waals surface area contributed by atoms with Gasteiger partial charge < -0.3 is 4.90 Å². The van der Waals surface area contributed by atoms with Crippen LogP contribution in [0.4, 0.5) is 26.3 Å². The number of alkyl halides is 6. The normalized spacial score (nSPS) is 14.6. The van der Waals surface area contributed by atoms with Crippen molar-refractivity contribution in [1.82, 2.24) is 14.9 Å². The average Bonchev–Trinajstić information content (AvgIpc) is 2.96. The zero-order chi connectivity index (χ0) is 18.4. The Morgan fingerprint density at radius 3 is 2.08 bits per heavy atom. The van der Waals surface area contributed by atoms with E-state index in [1.54, 1.807) is 0 Å². The minimum Gasteiger partial charge on any atom is -0.328 e. The van der Waals surface area contributed by atoms with Crippen LogP contribution in [0.2, 0.25) is 0 Å². The fraction of sp³-hybridized carbons (Fsp3) is 0.267. The fourth-order valence-corrected chi connectivity index (χ4v) is 2.51. The quantitative estimate of drug-likeness (QED) is 0.728. The van der Waals surface area contributed by atoms with Crippen LogP contribution < -0.4 is 0 Å². The summed E-state index contributed by atoms with van der Waals surface area (Å²) in [6.45, 7) is 0.0148. The monoisotopic (exact) mass is 361 g/mol. The van der Waals surface area contributed by atoms with Gasteiger partial charge in [-0.1, -0.05) is 0 Å². The number of hydrogen-bond donors (Lipinski definition) is 0.